The molecule has 0 aromatic heterocycles. The fraction of sp³-hybridized carbons (Fsp3) is 0. The molecule has 0 bridgehead atoms. The first-order valence-corrected chi connectivity index (χ1v) is 0.365. The fourth-order valence-electron chi connectivity index (χ4n) is 0. The average molecular weight is 86.1 g/mol. The van der Waals surface area contributed by atoms with E-state index in [4.69, 9.17) is 10.1 Å². The van der Waals surface area contributed by atoms with Gasteiger partial charge in [-0.15, -0.1) is 5.34 Å². The second-order valence-electron chi connectivity index (χ2n) is 0.0745. The molecule has 0 fully saturated rings. The van der Waals surface area contributed by atoms with Crippen LogP contribution >= 0.6 is 0 Å². The molecule has 18 valence electrons. The third-order valence-electron chi connectivity index (χ3n) is 0. The zero-order chi connectivity index (χ0) is 2.71. The van der Waals surface area contributed by atoms with Crippen molar-refractivity contribution < 1.29 is 0 Å². The maximum Gasteiger partial charge on any atom is 2.00 e. The largest absolute Gasteiger partial charge is 2.00 e. The average Bonchev–Trinajstić information content (AvgIpc) is 0.918. The Morgan fingerprint density at radius 1 is 1.75 bits per heavy atom. The predicted molar refractivity (Wildman–Crippen MR) is 14.9 cm³/mol. The van der Waals surface area contributed by atoms with Crippen LogP contribution in [-0.4, -0.2) is 37.7 Å². The van der Waals surface area contributed by atoms with Gasteiger partial charge >= 0.3 is 37.7 Å². The van der Waals surface area contributed by atoms with Crippen LogP contribution in [0.5, 0.6) is 0 Å². The number of nitrogens with zero attached hydrogens (tertiary/aromatic N) is 1. The van der Waals surface area contributed by atoms with Crippen molar-refractivity contribution in [2.45, 2.75) is 0 Å². The van der Waals surface area contributed by atoms with Gasteiger partial charge in [0.2, 0.25) is 0 Å². The van der Waals surface area contributed by atoms with E-state index in [0.29, 0.717) is 0 Å². The van der Waals surface area contributed by atoms with Crippen molar-refractivity contribution in [3.63, 3.8) is 0 Å². The van der Waals surface area contributed by atoms with Crippen LogP contribution in [0.3, 0.4) is 0 Å². The fourth-order valence-corrected chi connectivity index (χ4v) is 0. The van der Waals surface area contributed by atoms with Crippen molar-refractivity contribution in [1.82, 2.24) is 0 Å². The van der Waals surface area contributed by atoms with E-state index >= 15 is 0 Å². The zero-order valence-electron chi connectivity index (χ0n) is 1.97. The Kier molecular flexibility index (Phi) is 20.7. The molecule has 3 nitrogen and oxygen atoms in total. The molecule has 4 heteroatoms. The summed E-state index contributed by atoms with van der Waals surface area (Å²) in [6.07, 6.45) is 0. The van der Waals surface area contributed by atoms with Gasteiger partial charge in [0.15, 0.2) is 0 Å². The molecule has 0 radical (unpaired) electrons. The van der Waals surface area contributed by atoms with E-state index in [0.717, 1.165) is 5.34 Å². The Morgan fingerprint density at radius 2 is 1.75 bits per heavy atom. The van der Waals surface area contributed by atoms with Gasteiger partial charge in [0.1, 0.15) is 0 Å². The molecule has 0 amide bonds. The summed E-state index contributed by atoms with van der Waals surface area (Å²) in [4.78, 5) is 8.00. The van der Waals surface area contributed by atoms with Crippen molar-refractivity contribution in [2.24, 2.45) is 5.34 Å². The van der Waals surface area contributed by atoms with Crippen molar-refractivity contribution >= 4 is 37.7 Å². The summed E-state index contributed by atoms with van der Waals surface area (Å²) >= 11 is 0. The Bertz CT molecular complexity index is 13.5. The van der Waals surface area contributed by atoms with E-state index in [9.17, 15) is 0 Å². The second kappa shape index (κ2) is 9.40. The van der Waals surface area contributed by atoms with Gasteiger partial charge in [-0.25, -0.2) is 0 Å². The summed E-state index contributed by atoms with van der Waals surface area (Å²) in [5, 5.41) is 9.00. The standard InChI is InChI=1S/Ca.HNO2/c;2-1-3/h;(H,2,3)/q+2;/p-1. The van der Waals surface area contributed by atoms with Gasteiger partial charge in [0.25, 0.3) is 0 Å². The van der Waals surface area contributed by atoms with Crippen LogP contribution in [0.15, 0.2) is 5.34 Å². The summed E-state index contributed by atoms with van der Waals surface area (Å²) in [5.41, 5.74) is 0. The van der Waals surface area contributed by atoms with Gasteiger partial charge in [0.05, 0.1) is 0 Å². The van der Waals surface area contributed by atoms with Gasteiger partial charge < -0.3 is 10.1 Å². The minimum Gasteiger partial charge on any atom is -0.444 e. The quantitative estimate of drug-likeness (QED) is 0.234. The van der Waals surface area contributed by atoms with E-state index in [2.05, 4.69) is 0 Å². The molecule has 0 atom stereocenters. The molecular formula is CaNO2+. The monoisotopic (exact) mass is 86.0 g/mol. The summed E-state index contributed by atoms with van der Waals surface area (Å²) in [5.74, 6) is 0. The molecule has 0 heterocycles. The van der Waals surface area contributed by atoms with Crippen molar-refractivity contribution in [2.75, 3.05) is 0 Å². The summed E-state index contributed by atoms with van der Waals surface area (Å²) in [7, 11) is 0. The molecule has 4 heavy (non-hydrogen) atoms. The SMILES string of the molecule is O=N[O-].[Ca+2]. The normalized spacial score (nSPS) is 3.00. The topological polar surface area (TPSA) is 52.5 Å². The van der Waals surface area contributed by atoms with Crippen LogP contribution in [0.2, 0.25) is 0 Å². The molecule has 0 aliphatic carbocycles. The Hall–Kier alpha value is 0.660. The number of hydrogen-bond donors (Lipinski definition) is 0. The maximum absolute atomic E-state index is 8.00. The van der Waals surface area contributed by atoms with Crippen LogP contribution in [0.4, 0.5) is 0 Å². The first kappa shape index (κ1) is 8.82. The third-order valence-corrected chi connectivity index (χ3v) is 0. The van der Waals surface area contributed by atoms with Gasteiger partial charge in [-0.3, -0.25) is 0 Å². The molecule has 0 aromatic rings. The van der Waals surface area contributed by atoms with E-state index in [-0.39, 0.29) is 37.7 Å². The number of rotatable bonds is 0. The molecule has 0 spiro atoms. The van der Waals surface area contributed by atoms with Crippen molar-refractivity contribution in [1.29, 1.82) is 0 Å². The molecule has 0 aliphatic rings. The summed E-state index contributed by atoms with van der Waals surface area (Å²) < 4.78 is 0. The van der Waals surface area contributed by atoms with Gasteiger partial charge in [-0.1, -0.05) is 0 Å². The molecule has 0 saturated heterocycles. The Morgan fingerprint density at radius 3 is 1.75 bits per heavy atom. The number of hydrogen-bond acceptors (Lipinski definition) is 3. The first-order valence-electron chi connectivity index (χ1n) is 0.365. The summed E-state index contributed by atoms with van der Waals surface area (Å²) in [6.45, 7) is 0. The van der Waals surface area contributed by atoms with E-state index in [1.807, 2.05) is 0 Å². The first-order chi connectivity index (χ1) is 1.41. The molecule has 0 rings (SSSR count). The molecule has 0 aromatic carbocycles. The minimum absolute atomic E-state index is 0. The van der Waals surface area contributed by atoms with E-state index in [1.165, 1.54) is 0 Å². The Balaban J connectivity index is 0. The van der Waals surface area contributed by atoms with Crippen LogP contribution in [-0.2, 0) is 0 Å². The molecule has 0 aliphatic heterocycles. The predicted octanol–water partition coefficient (Wildman–Crippen LogP) is -0.130. The zero-order valence-corrected chi connectivity index (χ0v) is 4.18. The summed E-state index contributed by atoms with van der Waals surface area (Å²) in [6, 6.07) is 0. The molecular weight excluding hydrogens is 86.1 g/mol. The van der Waals surface area contributed by atoms with Gasteiger partial charge in [-0.05, 0) is 0 Å². The van der Waals surface area contributed by atoms with Crippen molar-refractivity contribution in [3.8, 4) is 0 Å². The van der Waals surface area contributed by atoms with E-state index < -0.39 is 0 Å². The van der Waals surface area contributed by atoms with Crippen LogP contribution in [0.25, 0.3) is 0 Å². The maximum atomic E-state index is 8.00. The minimum atomic E-state index is 0. The van der Waals surface area contributed by atoms with Gasteiger partial charge in [0, 0.05) is 0 Å². The third kappa shape index (κ3) is 16.8. The van der Waals surface area contributed by atoms with Crippen LogP contribution < -0.4 is 0 Å². The second-order valence-corrected chi connectivity index (χ2v) is 0.0745. The van der Waals surface area contributed by atoms with Crippen molar-refractivity contribution in [3.05, 3.63) is 10.1 Å². The molecule has 0 N–H and O–H groups in total. The van der Waals surface area contributed by atoms with Crippen LogP contribution in [0, 0.1) is 10.1 Å². The smallest absolute Gasteiger partial charge is 0.444 e. The van der Waals surface area contributed by atoms with Gasteiger partial charge in [-0.2, -0.15) is 0 Å². The van der Waals surface area contributed by atoms with E-state index in [1.54, 1.807) is 0 Å². The molecule has 0 unspecified atom stereocenters. The Labute approximate surface area is 52.9 Å². The molecule has 0 saturated carbocycles. The van der Waals surface area contributed by atoms with Crippen LogP contribution in [0.1, 0.15) is 0 Å².